The lowest BCUT2D eigenvalue weighted by Gasteiger charge is -2.06. The number of hydrogen-bond acceptors (Lipinski definition) is 7. The number of anilines is 1. The lowest BCUT2D eigenvalue weighted by Crippen LogP contribution is -2.17. The molecular formula is C16H14N2O4S2. The normalized spacial score (nSPS) is 16.2. The molecule has 1 aromatic heterocycles. The lowest BCUT2D eigenvalue weighted by atomic mass is 10.2. The Labute approximate surface area is 143 Å². The molecule has 8 heteroatoms. The Bertz CT molecular complexity index is 941. The van der Waals surface area contributed by atoms with Crippen molar-refractivity contribution in [2.45, 2.75) is 4.90 Å². The van der Waals surface area contributed by atoms with E-state index in [-0.39, 0.29) is 15.5 Å². The average molecular weight is 362 g/mol. The van der Waals surface area contributed by atoms with E-state index in [2.05, 4.69) is 9.99 Å². The van der Waals surface area contributed by atoms with Crippen LogP contribution in [0.15, 0.2) is 58.1 Å². The maximum atomic E-state index is 12.7. The van der Waals surface area contributed by atoms with E-state index in [0.717, 1.165) is 9.88 Å². The van der Waals surface area contributed by atoms with Crippen molar-refractivity contribution in [2.24, 2.45) is 5.16 Å². The van der Waals surface area contributed by atoms with Gasteiger partial charge in [-0.25, -0.2) is 13.2 Å². The molecule has 124 valence electrons. The minimum absolute atomic E-state index is 0.0631. The molecule has 0 N–H and O–H groups in total. The quantitative estimate of drug-likeness (QED) is 0.619. The second-order valence-electron chi connectivity index (χ2n) is 5.22. The van der Waals surface area contributed by atoms with E-state index < -0.39 is 15.8 Å². The first-order valence-corrected chi connectivity index (χ1v) is 9.28. The van der Waals surface area contributed by atoms with Crippen LogP contribution >= 0.6 is 11.3 Å². The SMILES string of the molecule is CN(C)c1ccc(C=C2C(=O)ON=C2S(=O)(=O)c2ccccc2)s1. The molecule has 0 spiro atoms. The van der Waals surface area contributed by atoms with Crippen LogP contribution in [0.5, 0.6) is 0 Å². The number of carbonyl (C=O) groups is 1. The first kappa shape index (κ1) is 16.4. The van der Waals surface area contributed by atoms with Crippen molar-refractivity contribution in [3.63, 3.8) is 0 Å². The molecule has 1 aromatic carbocycles. The summed E-state index contributed by atoms with van der Waals surface area (Å²) in [6.45, 7) is 0. The van der Waals surface area contributed by atoms with Gasteiger partial charge in [0.25, 0.3) is 0 Å². The minimum Gasteiger partial charge on any atom is -0.370 e. The second-order valence-corrected chi connectivity index (χ2v) is 8.18. The Morgan fingerprint density at radius 3 is 2.46 bits per heavy atom. The number of thiophene rings is 1. The third-order valence-corrected chi connectivity index (χ3v) is 6.21. The largest absolute Gasteiger partial charge is 0.370 e. The molecule has 0 radical (unpaired) electrons. The Hall–Kier alpha value is -2.45. The molecule has 0 fully saturated rings. The summed E-state index contributed by atoms with van der Waals surface area (Å²) < 4.78 is 25.4. The summed E-state index contributed by atoms with van der Waals surface area (Å²) in [5, 5.41) is 4.11. The van der Waals surface area contributed by atoms with Crippen molar-refractivity contribution in [1.29, 1.82) is 0 Å². The number of nitrogens with zero attached hydrogens (tertiary/aromatic N) is 2. The van der Waals surface area contributed by atoms with Crippen molar-refractivity contribution < 1.29 is 18.0 Å². The van der Waals surface area contributed by atoms with Crippen LogP contribution in [0, 0.1) is 0 Å². The van der Waals surface area contributed by atoms with Crippen molar-refractivity contribution in [3.8, 4) is 0 Å². The fraction of sp³-hybridized carbons (Fsp3) is 0.125. The molecule has 0 saturated heterocycles. The molecular weight excluding hydrogens is 348 g/mol. The standard InChI is InChI=1S/C16H14N2O4S2/c1-18(2)14-9-8-11(23-14)10-13-15(17-22-16(13)19)24(20,21)12-6-4-3-5-7-12/h3-10H,1-2H3. The molecule has 0 aliphatic carbocycles. The van der Waals surface area contributed by atoms with Crippen LogP contribution in [0.4, 0.5) is 5.00 Å². The third-order valence-electron chi connectivity index (χ3n) is 3.31. The van der Waals surface area contributed by atoms with Crippen LogP contribution in [0.25, 0.3) is 6.08 Å². The van der Waals surface area contributed by atoms with Gasteiger partial charge in [0.1, 0.15) is 5.57 Å². The van der Waals surface area contributed by atoms with Gasteiger partial charge in [-0.15, -0.1) is 11.3 Å². The van der Waals surface area contributed by atoms with E-state index in [4.69, 9.17) is 0 Å². The molecule has 3 rings (SSSR count). The minimum atomic E-state index is -3.92. The summed E-state index contributed by atoms with van der Waals surface area (Å²) in [5.74, 6) is -0.774. The Balaban J connectivity index is 2.02. The van der Waals surface area contributed by atoms with Gasteiger partial charge in [0.2, 0.25) is 14.9 Å². The summed E-state index contributed by atoms with van der Waals surface area (Å²) in [7, 11) is -0.116. The van der Waals surface area contributed by atoms with Gasteiger partial charge in [0.15, 0.2) is 0 Å². The fourth-order valence-corrected chi connectivity index (χ4v) is 4.28. The van der Waals surface area contributed by atoms with Gasteiger partial charge in [0, 0.05) is 19.0 Å². The van der Waals surface area contributed by atoms with E-state index in [1.807, 2.05) is 31.1 Å². The maximum Gasteiger partial charge on any atom is 0.368 e. The number of benzene rings is 1. The molecule has 0 bridgehead atoms. The van der Waals surface area contributed by atoms with Gasteiger partial charge in [-0.1, -0.05) is 23.4 Å². The number of carbonyl (C=O) groups excluding carboxylic acids is 1. The molecule has 1 aliphatic heterocycles. The van der Waals surface area contributed by atoms with Gasteiger partial charge in [-0.2, -0.15) is 0 Å². The topological polar surface area (TPSA) is 76.0 Å². The van der Waals surface area contributed by atoms with Gasteiger partial charge in [-0.3, -0.25) is 0 Å². The Morgan fingerprint density at radius 2 is 1.83 bits per heavy atom. The van der Waals surface area contributed by atoms with E-state index in [1.165, 1.54) is 29.5 Å². The van der Waals surface area contributed by atoms with Crippen molar-refractivity contribution in [2.75, 3.05) is 19.0 Å². The number of sulfone groups is 1. The van der Waals surface area contributed by atoms with Crippen LogP contribution in [0.3, 0.4) is 0 Å². The van der Waals surface area contributed by atoms with Gasteiger partial charge in [-0.05, 0) is 30.3 Å². The zero-order valence-corrected chi connectivity index (χ0v) is 14.6. The van der Waals surface area contributed by atoms with Crippen molar-refractivity contribution in [3.05, 3.63) is 52.9 Å². The Kier molecular flexibility index (Phi) is 4.25. The highest BCUT2D eigenvalue weighted by atomic mass is 32.2. The van der Waals surface area contributed by atoms with Crippen LogP contribution in [0.2, 0.25) is 0 Å². The van der Waals surface area contributed by atoms with Crippen molar-refractivity contribution >= 4 is 43.3 Å². The highest BCUT2D eigenvalue weighted by Crippen LogP contribution is 2.29. The summed E-state index contributed by atoms with van der Waals surface area (Å²) in [4.78, 5) is 19.3. The smallest absolute Gasteiger partial charge is 0.368 e. The first-order valence-electron chi connectivity index (χ1n) is 6.98. The van der Waals surface area contributed by atoms with E-state index in [0.29, 0.717) is 0 Å². The van der Waals surface area contributed by atoms with E-state index in [1.54, 1.807) is 18.2 Å². The van der Waals surface area contributed by atoms with Gasteiger partial charge in [0.05, 0.1) is 9.90 Å². The summed E-state index contributed by atoms with van der Waals surface area (Å²) >= 11 is 1.43. The Morgan fingerprint density at radius 1 is 1.12 bits per heavy atom. The van der Waals surface area contributed by atoms with Crippen LogP contribution in [-0.2, 0) is 19.5 Å². The van der Waals surface area contributed by atoms with E-state index in [9.17, 15) is 13.2 Å². The van der Waals surface area contributed by atoms with Gasteiger partial charge >= 0.3 is 5.97 Å². The summed E-state index contributed by atoms with van der Waals surface area (Å²) in [5.41, 5.74) is -0.0639. The lowest BCUT2D eigenvalue weighted by molar-refractivity contribution is -0.136. The predicted octanol–water partition coefficient (Wildman–Crippen LogP) is 2.54. The second kappa shape index (κ2) is 6.21. The molecule has 0 atom stereocenters. The molecule has 2 aromatic rings. The monoisotopic (exact) mass is 362 g/mol. The number of rotatable bonds is 3. The van der Waals surface area contributed by atoms with Crippen LogP contribution in [0.1, 0.15) is 4.88 Å². The van der Waals surface area contributed by atoms with Crippen LogP contribution in [-0.4, -0.2) is 33.5 Å². The average Bonchev–Trinajstić information content (AvgIpc) is 3.17. The molecule has 2 heterocycles. The molecule has 0 saturated carbocycles. The van der Waals surface area contributed by atoms with Crippen molar-refractivity contribution in [1.82, 2.24) is 0 Å². The number of hydrogen-bond donors (Lipinski definition) is 0. The van der Waals surface area contributed by atoms with Crippen LogP contribution < -0.4 is 4.90 Å². The zero-order chi connectivity index (χ0) is 17.3. The highest BCUT2D eigenvalue weighted by molar-refractivity contribution is 8.07. The molecule has 6 nitrogen and oxygen atoms in total. The molecule has 0 amide bonds. The third kappa shape index (κ3) is 2.98. The molecule has 0 unspecified atom stereocenters. The summed E-state index contributed by atoms with van der Waals surface area (Å²) in [6.07, 6.45) is 1.49. The molecule has 24 heavy (non-hydrogen) atoms. The van der Waals surface area contributed by atoms with Gasteiger partial charge < -0.3 is 9.74 Å². The fourth-order valence-electron chi connectivity index (χ4n) is 2.10. The summed E-state index contributed by atoms with van der Waals surface area (Å²) in [6, 6.07) is 11.5. The predicted molar refractivity (Wildman–Crippen MR) is 93.8 cm³/mol. The molecule has 1 aliphatic rings. The highest BCUT2D eigenvalue weighted by Gasteiger charge is 2.36. The first-order chi connectivity index (χ1) is 11.4. The zero-order valence-electron chi connectivity index (χ0n) is 13.0. The van der Waals surface area contributed by atoms with E-state index >= 15 is 0 Å². The number of oxime groups is 1. The maximum absolute atomic E-state index is 12.7.